The summed E-state index contributed by atoms with van der Waals surface area (Å²) in [5.41, 5.74) is 1.82. The molecule has 2 heterocycles. The van der Waals surface area contributed by atoms with Gasteiger partial charge in [-0.15, -0.1) is 11.6 Å². The van der Waals surface area contributed by atoms with E-state index in [1.165, 1.54) is 4.57 Å². The maximum absolute atomic E-state index is 14.2. The Labute approximate surface area is 132 Å². The molecule has 0 N–H and O–H groups in total. The summed E-state index contributed by atoms with van der Waals surface area (Å²) in [5.74, 6) is -0.684. The van der Waals surface area contributed by atoms with E-state index in [4.69, 9.17) is 11.6 Å². The van der Waals surface area contributed by atoms with E-state index in [1.807, 2.05) is 6.92 Å². The van der Waals surface area contributed by atoms with Crippen LogP contribution in [0.5, 0.6) is 0 Å². The van der Waals surface area contributed by atoms with Crippen molar-refractivity contribution in [1.82, 2.24) is 14.5 Å². The number of fused-ring (bicyclic) bond motifs is 1. The van der Waals surface area contributed by atoms with Crippen LogP contribution in [-0.2, 0) is 5.88 Å². The predicted molar refractivity (Wildman–Crippen MR) is 80.8 cm³/mol. The highest BCUT2D eigenvalue weighted by Crippen LogP contribution is 2.27. The summed E-state index contributed by atoms with van der Waals surface area (Å²) < 4.78 is 29.5. The van der Waals surface area contributed by atoms with E-state index in [2.05, 4.69) is 25.9 Å². The molecule has 0 amide bonds. The first kappa shape index (κ1) is 14.4. The fourth-order valence-electron chi connectivity index (χ4n) is 2.12. The number of hydrogen-bond donors (Lipinski definition) is 0. The zero-order chi connectivity index (χ0) is 15.1. The average Bonchev–Trinajstić information content (AvgIpc) is 2.80. The van der Waals surface area contributed by atoms with Gasteiger partial charge in [-0.3, -0.25) is 4.57 Å². The van der Waals surface area contributed by atoms with Gasteiger partial charge in [0.25, 0.3) is 0 Å². The quantitative estimate of drug-likeness (QED) is 0.489. The number of aromatic nitrogens is 3. The van der Waals surface area contributed by atoms with Gasteiger partial charge in [0.2, 0.25) is 0 Å². The van der Waals surface area contributed by atoms with Crippen molar-refractivity contribution in [3.63, 3.8) is 0 Å². The molecule has 3 aromatic rings. The second-order valence-electron chi connectivity index (χ2n) is 4.51. The number of rotatable bonds is 2. The van der Waals surface area contributed by atoms with Gasteiger partial charge >= 0.3 is 0 Å². The zero-order valence-electron chi connectivity index (χ0n) is 10.9. The summed E-state index contributed by atoms with van der Waals surface area (Å²) >= 11 is 8.84. The topological polar surface area (TPSA) is 30.7 Å². The van der Waals surface area contributed by atoms with E-state index in [0.717, 1.165) is 17.8 Å². The SMILES string of the molecule is Cc1ccc2nc(CCl)n(-c3cc(F)c(Br)cc3F)c2n1. The van der Waals surface area contributed by atoms with Crippen LogP contribution in [0.15, 0.2) is 28.7 Å². The van der Waals surface area contributed by atoms with Crippen molar-refractivity contribution >= 4 is 38.7 Å². The summed E-state index contributed by atoms with van der Waals surface area (Å²) in [6.45, 7) is 1.82. The van der Waals surface area contributed by atoms with Crippen molar-refractivity contribution in [3.8, 4) is 5.69 Å². The van der Waals surface area contributed by atoms with Gasteiger partial charge in [0.1, 0.15) is 23.0 Å². The molecular weight excluding hydrogens is 364 g/mol. The van der Waals surface area contributed by atoms with Crippen LogP contribution < -0.4 is 0 Å². The molecule has 0 atom stereocenters. The number of benzene rings is 1. The number of hydrogen-bond acceptors (Lipinski definition) is 2. The number of aryl methyl sites for hydroxylation is 1. The Balaban J connectivity index is 2.38. The van der Waals surface area contributed by atoms with Crippen LogP contribution in [-0.4, -0.2) is 14.5 Å². The zero-order valence-corrected chi connectivity index (χ0v) is 13.2. The number of alkyl halides is 1. The van der Waals surface area contributed by atoms with Crippen molar-refractivity contribution in [2.45, 2.75) is 12.8 Å². The Morgan fingerprint density at radius 2 is 1.95 bits per heavy atom. The molecule has 0 aliphatic rings. The normalized spacial score (nSPS) is 11.3. The maximum Gasteiger partial charge on any atom is 0.165 e. The van der Waals surface area contributed by atoms with E-state index < -0.39 is 11.6 Å². The fourth-order valence-corrected chi connectivity index (χ4v) is 2.62. The van der Waals surface area contributed by atoms with Gasteiger partial charge in [-0.1, -0.05) is 0 Å². The Bertz CT molecular complexity index is 848. The van der Waals surface area contributed by atoms with Crippen molar-refractivity contribution in [3.05, 3.63) is 51.9 Å². The smallest absolute Gasteiger partial charge is 0.165 e. The maximum atomic E-state index is 14.2. The van der Waals surface area contributed by atoms with E-state index in [-0.39, 0.29) is 16.0 Å². The monoisotopic (exact) mass is 371 g/mol. The molecular formula is C14H9BrClF2N3. The summed E-state index contributed by atoms with van der Waals surface area (Å²) in [6, 6.07) is 5.75. The van der Waals surface area contributed by atoms with Crippen LogP contribution in [0.1, 0.15) is 11.5 Å². The Morgan fingerprint density at radius 1 is 1.19 bits per heavy atom. The lowest BCUT2D eigenvalue weighted by atomic mass is 10.3. The predicted octanol–water partition coefficient (Wildman–Crippen LogP) is 4.51. The number of imidazole rings is 1. The van der Waals surface area contributed by atoms with Crippen molar-refractivity contribution < 1.29 is 8.78 Å². The molecule has 0 spiro atoms. The Hall–Kier alpha value is -1.53. The molecule has 0 saturated heterocycles. The van der Waals surface area contributed by atoms with Crippen molar-refractivity contribution in [1.29, 1.82) is 0 Å². The van der Waals surface area contributed by atoms with Gasteiger partial charge in [0.05, 0.1) is 16.0 Å². The molecule has 21 heavy (non-hydrogen) atoms. The number of pyridine rings is 1. The highest BCUT2D eigenvalue weighted by Gasteiger charge is 2.18. The minimum Gasteiger partial charge on any atom is -0.277 e. The average molecular weight is 373 g/mol. The molecule has 1 aromatic carbocycles. The summed E-state index contributed by atoms with van der Waals surface area (Å²) in [6.07, 6.45) is 0. The van der Waals surface area contributed by atoms with Crippen LogP contribution in [0.25, 0.3) is 16.9 Å². The second kappa shape index (κ2) is 5.35. The number of nitrogens with zero attached hydrogens (tertiary/aromatic N) is 3. The highest BCUT2D eigenvalue weighted by molar-refractivity contribution is 9.10. The minimum atomic E-state index is -0.586. The van der Waals surface area contributed by atoms with Crippen molar-refractivity contribution in [2.24, 2.45) is 0 Å². The molecule has 2 aromatic heterocycles. The van der Waals surface area contributed by atoms with Crippen LogP contribution in [0.2, 0.25) is 0 Å². The van der Waals surface area contributed by atoms with Gasteiger partial charge in [-0.25, -0.2) is 18.7 Å². The molecule has 3 nitrogen and oxygen atoms in total. The van der Waals surface area contributed by atoms with E-state index >= 15 is 0 Å². The lowest BCUT2D eigenvalue weighted by molar-refractivity contribution is 0.587. The highest BCUT2D eigenvalue weighted by atomic mass is 79.9. The Morgan fingerprint density at radius 3 is 2.67 bits per heavy atom. The van der Waals surface area contributed by atoms with Gasteiger partial charge in [0, 0.05) is 11.8 Å². The van der Waals surface area contributed by atoms with E-state index in [9.17, 15) is 8.78 Å². The third-order valence-corrected chi connectivity index (χ3v) is 3.91. The molecule has 0 saturated carbocycles. The summed E-state index contributed by atoms with van der Waals surface area (Å²) in [4.78, 5) is 8.66. The molecule has 7 heteroatoms. The van der Waals surface area contributed by atoms with Gasteiger partial charge in [-0.05, 0) is 41.1 Å². The van der Waals surface area contributed by atoms with Crippen LogP contribution >= 0.6 is 27.5 Å². The van der Waals surface area contributed by atoms with Crippen LogP contribution in [0.3, 0.4) is 0 Å². The van der Waals surface area contributed by atoms with Gasteiger partial charge in [-0.2, -0.15) is 0 Å². The van der Waals surface area contributed by atoms with Crippen LogP contribution in [0, 0.1) is 18.6 Å². The number of halogens is 4. The fraction of sp³-hybridized carbons (Fsp3) is 0.143. The third-order valence-electron chi connectivity index (χ3n) is 3.06. The molecule has 0 radical (unpaired) electrons. The molecule has 3 rings (SSSR count). The molecule has 108 valence electrons. The Kier molecular flexibility index (Phi) is 3.67. The molecule has 0 aliphatic carbocycles. The van der Waals surface area contributed by atoms with Gasteiger partial charge < -0.3 is 0 Å². The van der Waals surface area contributed by atoms with Crippen LogP contribution in [0.4, 0.5) is 8.78 Å². The second-order valence-corrected chi connectivity index (χ2v) is 5.63. The summed E-state index contributed by atoms with van der Waals surface area (Å²) in [7, 11) is 0. The lowest BCUT2D eigenvalue weighted by Crippen LogP contribution is -2.04. The summed E-state index contributed by atoms with van der Waals surface area (Å²) in [5, 5.41) is 0. The van der Waals surface area contributed by atoms with E-state index in [1.54, 1.807) is 12.1 Å². The minimum absolute atomic E-state index is 0.0342. The lowest BCUT2D eigenvalue weighted by Gasteiger charge is -2.09. The molecule has 0 bridgehead atoms. The first-order valence-electron chi connectivity index (χ1n) is 6.07. The van der Waals surface area contributed by atoms with Crippen molar-refractivity contribution in [2.75, 3.05) is 0 Å². The third kappa shape index (κ3) is 2.42. The van der Waals surface area contributed by atoms with E-state index in [0.29, 0.717) is 17.0 Å². The molecule has 0 fully saturated rings. The first-order valence-corrected chi connectivity index (χ1v) is 7.40. The molecule has 0 aliphatic heterocycles. The molecule has 0 unspecified atom stereocenters. The first-order chi connectivity index (χ1) is 10.0. The largest absolute Gasteiger partial charge is 0.277 e. The van der Waals surface area contributed by atoms with Gasteiger partial charge in [0.15, 0.2) is 5.65 Å². The standard InChI is InChI=1S/C14H9BrClF2N3/c1-7-2-3-11-14(19-7)21(13(6-16)20-11)12-5-9(17)8(15)4-10(12)18/h2-5H,6H2,1H3.